The molecule has 0 aromatic carbocycles. The van der Waals surface area contributed by atoms with Gasteiger partial charge in [-0.15, -0.1) is 0 Å². The van der Waals surface area contributed by atoms with Crippen molar-refractivity contribution in [3.63, 3.8) is 0 Å². The smallest absolute Gasteiger partial charge is 0.396 e. The van der Waals surface area contributed by atoms with Gasteiger partial charge in [0.1, 0.15) is 12.3 Å². The molecule has 8 N–H and O–H groups in total. The lowest BCUT2D eigenvalue weighted by atomic mass is 9.93. The Balaban J connectivity index is 0. The summed E-state index contributed by atoms with van der Waals surface area (Å²) >= 11 is 0. The first-order valence-corrected chi connectivity index (χ1v) is 9.49. The highest BCUT2D eigenvalue weighted by Gasteiger charge is 2.52. The van der Waals surface area contributed by atoms with Crippen molar-refractivity contribution in [3.05, 3.63) is 0 Å². The van der Waals surface area contributed by atoms with E-state index in [9.17, 15) is 0 Å². The van der Waals surface area contributed by atoms with E-state index in [0.29, 0.717) is 0 Å². The van der Waals surface area contributed by atoms with Gasteiger partial charge in [-0.2, -0.15) is 19.6 Å². The normalized spacial score (nSPS) is 12.9. The Labute approximate surface area is 119 Å². The third-order valence-electron chi connectivity index (χ3n) is 2.43. The topological polar surface area (TPSA) is 171 Å². The third kappa shape index (κ3) is 9.44. The Morgan fingerprint density at radius 1 is 0.700 bits per heavy atom. The van der Waals surface area contributed by atoms with Crippen LogP contribution in [0.1, 0.15) is 13.8 Å². The first kappa shape index (κ1) is 22.8. The molecule has 0 radical (unpaired) electrons. The largest absolute Gasteiger partial charge is 0.460 e. The molecule has 11 heteroatoms. The minimum atomic E-state index is -3.51. The molecular formula is C9H26O9P2+2. The summed E-state index contributed by atoms with van der Waals surface area (Å²) in [5, 5.41) is 34.0. The quantitative estimate of drug-likeness (QED) is 0.244. The molecule has 0 fully saturated rings. The van der Waals surface area contributed by atoms with Crippen LogP contribution in [0.3, 0.4) is 0 Å². The van der Waals surface area contributed by atoms with E-state index in [1.807, 2.05) is 0 Å². The SMILES string of the molecule is CC[P+](O)(O)O[P+](O)(O)CC.OCC(CO)(CO)CO. The summed E-state index contributed by atoms with van der Waals surface area (Å²) in [5.41, 5.74) is -1.11. The number of hydrogen-bond acceptors (Lipinski definition) is 9. The van der Waals surface area contributed by atoms with Crippen LogP contribution >= 0.6 is 15.9 Å². The van der Waals surface area contributed by atoms with Crippen LogP contribution in [0.4, 0.5) is 0 Å². The van der Waals surface area contributed by atoms with Crippen molar-refractivity contribution in [2.45, 2.75) is 13.8 Å². The van der Waals surface area contributed by atoms with Gasteiger partial charge in [0.2, 0.25) is 0 Å². The van der Waals surface area contributed by atoms with E-state index in [4.69, 9.17) is 40.0 Å². The zero-order chi connectivity index (χ0) is 16.4. The fourth-order valence-corrected chi connectivity index (χ4v) is 3.22. The van der Waals surface area contributed by atoms with Gasteiger partial charge in [0.05, 0.1) is 31.8 Å². The molecule has 0 saturated carbocycles. The van der Waals surface area contributed by atoms with E-state index in [2.05, 4.69) is 4.31 Å². The van der Waals surface area contributed by atoms with Crippen LogP contribution in [0.2, 0.25) is 0 Å². The van der Waals surface area contributed by atoms with Gasteiger partial charge >= 0.3 is 15.9 Å². The van der Waals surface area contributed by atoms with E-state index in [1.165, 1.54) is 13.8 Å². The van der Waals surface area contributed by atoms with E-state index >= 15 is 0 Å². The van der Waals surface area contributed by atoms with Crippen molar-refractivity contribution in [3.8, 4) is 0 Å². The van der Waals surface area contributed by atoms with Gasteiger partial charge in [-0.05, 0) is 13.8 Å². The van der Waals surface area contributed by atoms with E-state index in [1.54, 1.807) is 0 Å². The summed E-state index contributed by atoms with van der Waals surface area (Å²) in [6.45, 7) is 1.38. The van der Waals surface area contributed by atoms with Crippen LogP contribution in [-0.4, -0.2) is 78.8 Å². The summed E-state index contributed by atoms with van der Waals surface area (Å²) < 4.78 is 4.37. The Kier molecular flexibility index (Phi) is 11.7. The highest BCUT2D eigenvalue weighted by atomic mass is 31.3. The Morgan fingerprint density at radius 2 is 0.950 bits per heavy atom. The van der Waals surface area contributed by atoms with Crippen molar-refractivity contribution in [1.82, 2.24) is 0 Å². The van der Waals surface area contributed by atoms with Gasteiger partial charge in [-0.1, -0.05) is 0 Å². The molecule has 0 aromatic heterocycles. The molecule has 0 aromatic rings. The lowest BCUT2D eigenvalue weighted by Crippen LogP contribution is -2.37. The number of hydrogen-bond donors (Lipinski definition) is 8. The Bertz CT molecular complexity index is 214. The molecule has 0 aliphatic rings. The number of aliphatic hydroxyl groups is 4. The van der Waals surface area contributed by atoms with Crippen molar-refractivity contribution in [2.75, 3.05) is 38.8 Å². The maximum Gasteiger partial charge on any atom is 0.460 e. The molecule has 9 nitrogen and oxygen atoms in total. The molecule has 0 atom stereocenters. The van der Waals surface area contributed by atoms with E-state index < -0.39 is 47.7 Å². The standard InChI is InChI=1S/C5H12O4.C4H14O5P2/c6-1-5(2-7,3-8)4-9;1-3-10(5,6)9-11(7,8)4-2/h6-9H,1-4H2;5-8H,3-4H2,1-2H3/q;+2. The molecule has 0 spiro atoms. The number of aliphatic hydroxyl groups excluding tert-OH is 4. The van der Waals surface area contributed by atoms with Crippen LogP contribution in [0.5, 0.6) is 0 Å². The maximum absolute atomic E-state index is 8.94. The van der Waals surface area contributed by atoms with Gasteiger partial charge in [0.15, 0.2) is 0 Å². The zero-order valence-electron chi connectivity index (χ0n) is 11.6. The average Bonchev–Trinajstić information content (AvgIpc) is 2.42. The van der Waals surface area contributed by atoms with E-state index in [-0.39, 0.29) is 12.3 Å². The Hall–Kier alpha value is 0.500. The highest BCUT2D eigenvalue weighted by molar-refractivity contribution is 7.72. The second kappa shape index (κ2) is 10.3. The highest BCUT2D eigenvalue weighted by Crippen LogP contribution is 2.68. The van der Waals surface area contributed by atoms with Gasteiger partial charge in [-0.3, -0.25) is 0 Å². The van der Waals surface area contributed by atoms with Crippen molar-refractivity contribution in [2.24, 2.45) is 5.41 Å². The molecule has 0 aliphatic heterocycles. The Morgan fingerprint density at radius 3 is 1.05 bits per heavy atom. The first-order chi connectivity index (χ1) is 9.07. The molecule has 124 valence electrons. The molecule has 0 rings (SSSR count). The van der Waals surface area contributed by atoms with Crippen LogP contribution < -0.4 is 0 Å². The van der Waals surface area contributed by atoms with Gasteiger partial charge in [-0.25, -0.2) is 0 Å². The van der Waals surface area contributed by atoms with Crippen molar-refractivity contribution >= 4 is 15.9 Å². The van der Waals surface area contributed by atoms with Crippen molar-refractivity contribution < 1.29 is 44.3 Å². The minimum absolute atomic E-state index is 0.00410. The molecular weight excluding hydrogens is 314 g/mol. The monoisotopic (exact) mass is 340 g/mol. The summed E-state index contributed by atoms with van der Waals surface area (Å²) in [5.74, 6) is 0. The third-order valence-corrected chi connectivity index (χ3v) is 6.17. The van der Waals surface area contributed by atoms with Gasteiger partial charge in [0.25, 0.3) is 0 Å². The van der Waals surface area contributed by atoms with Crippen molar-refractivity contribution in [1.29, 1.82) is 0 Å². The second-order valence-corrected chi connectivity index (χ2v) is 8.75. The summed E-state index contributed by atoms with van der Waals surface area (Å²) in [6, 6.07) is 0. The maximum atomic E-state index is 8.94. The fourth-order valence-electron chi connectivity index (χ4n) is 0.625. The fraction of sp³-hybridized carbons (Fsp3) is 1.00. The van der Waals surface area contributed by atoms with Crippen LogP contribution in [0, 0.1) is 5.41 Å². The average molecular weight is 340 g/mol. The molecule has 0 amide bonds. The molecule has 0 unspecified atom stereocenters. The predicted octanol–water partition coefficient (Wildman–Crippen LogP) is -1.52. The second-order valence-electron chi connectivity index (χ2n) is 4.18. The van der Waals surface area contributed by atoms with Crippen LogP contribution in [0.15, 0.2) is 0 Å². The first-order valence-electron chi connectivity index (χ1n) is 5.89. The number of rotatable bonds is 8. The van der Waals surface area contributed by atoms with Gasteiger partial charge < -0.3 is 20.4 Å². The summed E-state index contributed by atoms with van der Waals surface area (Å²) in [6.07, 6.45) is -0.00819. The molecule has 20 heavy (non-hydrogen) atoms. The molecule has 0 aliphatic carbocycles. The lowest BCUT2D eigenvalue weighted by molar-refractivity contribution is -0.0328. The zero-order valence-corrected chi connectivity index (χ0v) is 13.4. The summed E-state index contributed by atoms with van der Waals surface area (Å²) in [7, 11) is -7.02. The van der Waals surface area contributed by atoms with Crippen LogP contribution in [0.25, 0.3) is 0 Å². The van der Waals surface area contributed by atoms with Gasteiger partial charge in [0, 0.05) is 4.31 Å². The molecule has 0 bridgehead atoms. The molecule has 0 heterocycles. The van der Waals surface area contributed by atoms with Crippen LogP contribution in [-0.2, 0) is 4.31 Å². The lowest BCUT2D eigenvalue weighted by Gasteiger charge is -2.23. The predicted molar refractivity (Wildman–Crippen MR) is 75.7 cm³/mol. The minimum Gasteiger partial charge on any atom is -0.396 e. The summed E-state index contributed by atoms with van der Waals surface area (Å²) in [4.78, 5) is 35.8. The molecule has 0 saturated heterocycles. The van der Waals surface area contributed by atoms with E-state index in [0.717, 1.165) is 0 Å².